The number of fused-ring (bicyclic) bond motifs is 3. The number of aryl methyl sites for hydroxylation is 1. The van der Waals surface area contributed by atoms with Gasteiger partial charge in [0.25, 0.3) is 0 Å². The standard InChI is InChI=1S/C18H22N2O3S/c21-15(22)9-11-6-7-14-13(8-11)16-17(19-10-20-18(16)24-14)23-12-4-2-1-3-5-12/h10-12H,1-9H2,(H,21,22)/t11-/m0/s1. The number of aromatic nitrogens is 2. The molecule has 0 saturated heterocycles. The summed E-state index contributed by atoms with van der Waals surface area (Å²) in [7, 11) is 0. The highest BCUT2D eigenvalue weighted by molar-refractivity contribution is 7.18. The molecule has 2 aliphatic rings. The Kier molecular flexibility index (Phi) is 4.39. The van der Waals surface area contributed by atoms with Crippen LogP contribution in [0.4, 0.5) is 0 Å². The van der Waals surface area contributed by atoms with Gasteiger partial charge in [0.2, 0.25) is 5.88 Å². The maximum absolute atomic E-state index is 11.1. The second-order valence-electron chi connectivity index (χ2n) is 6.95. The van der Waals surface area contributed by atoms with Crippen LogP contribution in [0.3, 0.4) is 0 Å². The average Bonchev–Trinajstić information content (AvgIpc) is 2.94. The van der Waals surface area contributed by atoms with Gasteiger partial charge in [-0.05, 0) is 56.4 Å². The number of thiophene rings is 1. The molecule has 0 aliphatic heterocycles. The van der Waals surface area contributed by atoms with E-state index in [4.69, 9.17) is 9.84 Å². The van der Waals surface area contributed by atoms with Crippen LogP contribution >= 0.6 is 11.3 Å². The van der Waals surface area contributed by atoms with Crippen molar-refractivity contribution in [1.82, 2.24) is 9.97 Å². The Morgan fingerprint density at radius 2 is 2.08 bits per heavy atom. The molecule has 1 atom stereocenters. The number of rotatable bonds is 4. The van der Waals surface area contributed by atoms with Gasteiger partial charge in [-0.2, -0.15) is 0 Å². The fourth-order valence-corrected chi connectivity index (χ4v) is 5.18. The van der Waals surface area contributed by atoms with Crippen LogP contribution in [0.5, 0.6) is 5.88 Å². The van der Waals surface area contributed by atoms with Gasteiger partial charge in [-0.1, -0.05) is 6.42 Å². The molecule has 1 saturated carbocycles. The summed E-state index contributed by atoms with van der Waals surface area (Å²) >= 11 is 1.72. The summed E-state index contributed by atoms with van der Waals surface area (Å²) in [5.74, 6) is 0.203. The van der Waals surface area contributed by atoms with Gasteiger partial charge in [0.1, 0.15) is 17.3 Å². The number of hydrogen-bond acceptors (Lipinski definition) is 5. The van der Waals surface area contributed by atoms with E-state index in [1.165, 1.54) is 29.7 Å². The maximum Gasteiger partial charge on any atom is 0.303 e. The molecule has 0 amide bonds. The number of carboxylic acids is 1. The minimum Gasteiger partial charge on any atom is -0.481 e. The van der Waals surface area contributed by atoms with Crippen LogP contribution < -0.4 is 4.74 Å². The van der Waals surface area contributed by atoms with Gasteiger partial charge in [0.15, 0.2) is 0 Å². The molecule has 4 rings (SSSR count). The highest BCUT2D eigenvalue weighted by atomic mass is 32.1. The van der Waals surface area contributed by atoms with E-state index in [2.05, 4.69) is 9.97 Å². The minimum atomic E-state index is -0.710. The first kappa shape index (κ1) is 15.8. The number of carbonyl (C=O) groups is 1. The summed E-state index contributed by atoms with van der Waals surface area (Å²) in [6, 6.07) is 0. The molecule has 0 aromatic carbocycles. The second-order valence-corrected chi connectivity index (χ2v) is 8.03. The molecule has 2 aromatic heterocycles. The predicted molar refractivity (Wildman–Crippen MR) is 92.7 cm³/mol. The van der Waals surface area contributed by atoms with Crippen LogP contribution in [-0.4, -0.2) is 27.1 Å². The van der Waals surface area contributed by atoms with Crippen molar-refractivity contribution < 1.29 is 14.6 Å². The summed E-state index contributed by atoms with van der Waals surface area (Å²) < 4.78 is 6.25. The van der Waals surface area contributed by atoms with Crippen LogP contribution in [0.25, 0.3) is 10.2 Å². The Bertz CT molecular complexity index is 752. The van der Waals surface area contributed by atoms with Crippen LogP contribution in [0.1, 0.15) is 55.4 Å². The van der Waals surface area contributed by atoms with Crippen LogP contribution in [0.15, 0.2) is 6.33 Å². The lowest BCUT2D eigenvalue weighted by atomic mass is 9.85. The maximum atomic E-state index is 11.1. The van der Waals surface area contributed by atoms with E-state index in [1.54, 1.807) is 17.7 Å². The van der Waals surface area contributed by atoms with Crippen molar-refractivity contribution in [3.63, 3.8) is 0 Å². The van der Waals surface area contributed by atoms with Gasteiger partial charge in [0.05, 0.1) is 5.39 Å². The van der Waals surface area contributed by atoms with Gasteiger partial charge in [0, 0.05) is 11.3 Å². The first-order valence-corrected chi connectivity index (χ1v) is 9.66. The fourth-order valence-electron chi connectivity index (χ4n) is 4.00. The summed E-state index contributed by atoms with van der Waals surface area (Å²) in [6.45, 7) is 0. The molecule has 0 radical (unpaired) electrons. The molecule has 1 fully saturated rings. The zero-order valence-corrected chi connectivity index (χ0v) is 14.5. The normalized spacial score (nSPS) is 21.6. The molecule has 0 bridgehead atoms. The molecule has 2 heterocycles. The van der Waals surface area contributed by atoms with Crippen molar-refractivity contribution in [2.45, 2.75) is 63.9 Å². The smallest absolute Gasteiger partial charge is 0.303 e. The summed E-state index contributed by atoms with van der Waals surface area (Å²) in [5.41, 5.74) is 1.24. The van der Waals surface area contributed by atoms with Crippen molar-refractivity contribution in [2.75, 3.05) is 0 Å². The fraction of sp³-hybridized carbons (Fsp3) is 0.611. The van der Waals surface area contributed by atoms with Crippen LogP contribution in [0.2, 0.25) is 0 Å². The summed E-state index contributed by atoms with van der Waals surface area (Å²) in [5, 5.41) is 10.1. The van der Waals surface area contributed by atoms with Gasteiger partial charge in [-0.15, -0.1) is 11.3 Å². The Labute approximate surface area is 145 Å². The topological polar surface area (TPSA) is 72.3 Å². The first-order valence-electron chi connectivity index (χ1n) is 8.84. The van der Waals surface area contributed by atoms with Gasteiger partial charge in [-0.25, -0.2) is 9.97 Å². The van der Waals surface area contributed by atoms with Gasteiger partial charge >= 0.3 is 5.97 Å². The van der Waals surface area contributed by atoms with Crippen LogP contribution in [-0.2, 0) is 17.6 Å². The second kappa shape index (κ2) is 6.67. The number of ether oxygens (including phenoxy) is 1. The van der Waals surface area contributed by atoms with Crippen molar-refractivity contribution >= 4 is 27.5 Å². The Morgan fingerprint density at radius 1 is 1.25 bits per heavy atom. The molecule has 0 unspecified atom stereocenters. The van der Waals surface area contributed by atoms with E-state index in [0.717, 1.165) is 42.3 Å². The van der Waals surface area contributed by atoms with E-state index >= 15 is 0 Å². The van der Waals surface area contributed by atoms with E-state index in [9.17, 15) is 4.79 Å². The number of hydrogen-bond donors (Lipinski definition) is 1. The van der Waals surface area contributed by atoms with Crippen LogP contribution in [0, 0.1) is 5.92 Å². The van der Waals surface area contributed by atoms with E-state index < -0.39 is 5.97 Å². The molecule has 1 N–H and O–H groups in total. The monoisotopic (exact) mass is 346 g/mol. The number of nitrogens with zero attached hydrogens (tertiary/aromatic N) is 2. The van der Waals surface area contributed by atoms with Crippen molar-refractivity contribution in [3.8, 4) is 5.88 Å². The lowest BCUT2D eigenvalue weighted by Crippen LogP contribution is -2.20. The Hall–Kier alpha value is -1.69. The van der Waals surface area contributed by atoms with Crippen molar-refractivity contribution in [2.24, 2.45) is 5.92 Å². The molecule has 2 aliphatic carbocycles. The molecule has 0 spiro atoms. The predicted octanol–water partition coefficient (Wildman–Crippen LogP) is 3.98. The van der Waals surface area contributed by atoms with E-state index in [-0.39, 0.29) is 18.4 Å². The third-order valence-electron chi connectivity index (χ3n) is 5.20. The van der Waals surface area contributed by atoms with Gasteiger partial charge in [-0.3, -0.25) is 4.79 Å². The van der Waals surface area contributed by atoms with E-state index in [0.29, 0.717) is 5.88 Å². The quantitative estimate of drug-likeness (QED) is 0.906. The largest absolute Gasteiger partial charge is 0.481 e. The average molecular weight is 346 g/mol. The minimum absolute atomic E-state index is 0.204. The molecular formula is C18H22N2O3S. The first-order chi connectivity index (χ1) is 11.7. The third-order valence-corrected chi connectivity index (χ3v) is 6.40. The third kappa shape index (κ3) is 3.11. The number of aliphatic carboxylic acids is 1. The molecule has 128 valence electrons. The lowest BCUT2D eigenvalue weighted by Gasteiger charge is -2.24. The zero-order valence-electron chi connectivity index (χ0n) is 13.7. The Balaban J connectivity index is 1.66. The number of carboxylic acid groups (broad SMARTS) is 1. The van der Waals surface area contributed by atoms with Gasteiger partial charge < -0.3 is 9.84 Å². The van der Waals surface area contributed by atoms with Crippen molar-refractivity contribution in [3.05, 3.63) is 16.8 Å². The van der Waals surface area contributed by atoms with Crippen molar-refractivity contribution in [1.29, 1.82) is 0 Å². The zero-order chi connectivity index (χ0) is 16.5. The highest BCUT2D eigenvalue weighted by Crippen LogP contribution is 2.41. The SMILES string of the molecule is O=C(O)C[C@H]1CCc2sc3ncnc(OC4CCCCC4)c3c2C1. The molecular weight excluding hydrogens is 324 g/mol. The van der Waals surface area contributed by atoms with E-state index in [1.807, 2.05) is 0 Å². The summed E-state index contributed by atoms with van der Waals surface area (Å²) in [6.07, 6.45) is 10.7. The lowest BCUT2D eigenvalue weighted by molar-refractivity contribution is -0.138. The summed E-state index contributed by atoms with van der Waals surface area (Å²) in [4.78, 5) is 22.2. The molecule has 6 heteroatoms. The Morgan fingerprint density at radius 3 is 2.88 bits per heavy atom. The molecule has 2 aromatic rings. The highest BCUT2D eigenvalue weighted by Gasteiger charge is 2.28. The molecule has 5 nitrogen and oxygen atoms in total. The molecule has 24 heavy (non-hydrogen) atoms.